The summed E-state index contributed by atoms with van der Waals surface area (Å²) in [5, 5.41) is 11.8. The van der Waals surface area contributed by atoms with Gasteiger partial charge in [0.25, 0.3) is 5.56 Å². The van der Waals surface area contributed by atoms with Crippen LogP contribution in [0.15, 0.2) is 38.5 Å². The molecule has 0 aliphatic heterocycles. The number of aryl methyl sites for hydroxylation is 1. The molecule has 10 heteroatoms. The van der Waals surface area contributed by atoms with Crippen LogP contribution >= 0.6 is 22.7 Å². The van der Waals surface area contributed by atoms with Crippen LogP contribution in [0.25, 0.3) is 20.7 Å². The summed E-state index contributed by atoms with van der Waals surface area (Å²) >= 11 is 3.02. The Balaban J connectivity index is 1.44. The zero-order valence-corrected chi connectivity index (χ0v) is 19.3. The van der Waals surface area contributed by atoms with Crippen LogP contribution in [0.1, 0.15) is 50.2 Å². The number of hydrogen-bond acceptors (Lipinski definition) is 8. The number of aromatic nitrogens is 4. The van der Waals surface area contributed by atoms with Crippen molar-refractivity contribution in [3.8, 4) is 10.4 Å². The van der Waals surface area contributed by atoms with Crippen LogP contribution in [0.5, 0.6) is 0 Å². The van der Waals surface area contributed by atoms with Gasteiger partial charge in [0.2, 0.25) is 11.8 Å². The molecule has 1 N–H and O–H groups in total. The molecular formula is C22H23N5O3S2. The van der Waals surface area contributed by atoms with Crippen LogP contribution in [0.4, 0.5) is 0 Å². The summed E-state index contributed by atoms with van der Waals surface area (Å²) in [5.41, 5.74) is -0.00772. The van der Waals surface area contributed by atoms with Gasteiger partial charge in [0.1, 0.15) is 16.9 Å². The number of nitrogens with one attached hydrogen (secondary N) is 1. The second kappa shape index (κ2) is 8.59. The van der Waals surface area contributed by atoms with Gasteiger partial charge in [-0.2, -0.15) is 4.98 Å². The number of rotatable bonds is 5. The average Bonchev–Trinajstić information content (AvgIpc) is 3.50. The molecule has 0 unspecified atom stereocenters. The van der Waals surface area contributed by atoms with Crippen LogP contribution in [0.2, 0.25) is 0 Å². The predicted molar refractivity (Wildman–Crippen MR) is 124 cm³/mol. The van der Waals surface area contributed by atoms with Crippen molar-refractivity contribution in [1.82, 2.24) is 25.0 Å². The van der Waals surface area contributed by atoms with E-state index in [1.165, 1.54) is 22.2 Å². The van der Waals surface area contributed by atoms with Gasteiger partial charge in [0.15, 0.2) is 5.82 Å². The van der Waals surface area contributed by atoms with Crippen molar-refractivity contribution in [2.45, 2.75) is 57.5 Å². The summed E-state index contributed by atoms with van der Waals surface area (Å²) in [4.78, 5) is 37.0. The Hall–Kier alpha value is -2.85. The third-order valence-corrected chi connectivity index (χ3v) is 7.74. The molecule has 1 aliphatic rings. The molecule has 5 rings (SSSR count). The summed E-state index contributed by atoms with van der Waals surface area (Å²) < 4.78 is 6.60. The highest BCUT2D eigenvalue weighted by Gasteiger charge is 2.38. The first kappa shape index (κ1) is 21.0. The van der Waals surface area contributed by atoms with Gasteiger partial charge in [0, 0.05) is 22.7 Å². The highest BCUT2D eigenvalue weighted by atomic mass is 32.1. The fourth-order valence-electron chi connectivity index (χ4n) is 4.38. The molecule has 1 fully saturated rings. The average molecular weight is 470 g/mol. The largest absolute Gasteiger partial charge is 0.342 e. The lowest BCUT2D eigenvalue weighted by Crippen LogP contribution is -2.48. The highest BCUT2D eigenvalue weighted by Crippen LogP contribution is 2.35. The topological polar surface area (TPSA) is 103 Å². The molecular weight excluding hydrogens is 446 g/mol. The van der Waals surface area contributed by atoms with Gasteiger partial charge in [-0.15, -0.1) is 22.7 Å². The van der Waals surface area contributed by atoms with Crippen molar-refractivity contribution in [3.05, 3.63) is 51.3 Å². The first-order valence-electron chi connectivity index (χ1n) is 10.7. The highest BCUT2D eigenvalue weighted by molar-refractivity contribution is 7.18. The zero-order valence-electron chi connectivity index (χ0n) is 17.7. The van der Waals surface area contributed by atoms with Crippen molar-refractivity contribution < 1.29 is 9.32 Å². The van der Waals surface area contributed by atoms with E-state index >= 15 is 0 Å². The van der Waals surface area contributed by atoms with Gasteiger partial charge in [0.05, 0.1) is 11.7 Å². The van der Waals surface area contributed by atoms with Gasteiger partial charge in [-0.3, -0.25) is 14.2 Å². The van der Waals surface area contributed by atoms with E-state index < -0.39 is 5.54 Å². The summed E-state index contributed by atoms with van der Waals surface area (Å²) in [7, 11) is 0. The smallest absolute Gasteiger partial charge is 0.263 e. The van der Waals surface area contributed by atoms with E-state index in [9.17, 15) is 9.59 Å². The summed E-state index contributed by atoms with van der Waals surface area (Å²) in [6, 6.07) is 3.94. The zero-order chi connectivity index (χ0) is 22.1. The molecule has 0 atom stereocenters. The lowest BCUT2D eigenvalue weighted by molar-refractivity contribution is -0.124. The van der Waals surface area contributed by atoms with Crippen LogP contribution in [-0.4, -0.2) is 25.6 Å². The molecule has 4 heterocycles. The lowest BCUT2D eigenvalue weighted by atomic mass is 9.89. The Morgan fingerprint density at radius 3 is 2.75 bits per heavy atom. The van der Waals surface area contributed by atoms with E-state index in [-0.39, 0.29) is 18.0 Å². The molecule has 0 saturated heterocycles. The third-order valence-electron chi connectivity index (χ3n) is 5.95. The fraction of sp³-hybridized carbons (Fsp3) is 0.409. The Morgan fingerprint density at radius 1 is 1.25 bits per heavy atom. The molecule has 4 aromatic rings. The first-order chi connectivity index (χ1) is 15.6. The van der Waals surface area contributed by atoms with Gasteiger partial charge < -0.3 is 9.84 Å². The summed E-state index contributed by atoms with van der Waals surface area (Å²) in [6.07, 6.45) is 7.11. The molecule has 0 radical (unpaired) electrons. The summed E-state index contributed by atoms with van der Waals surface area (Å²) in [6.45, 7) is 1.63. The first-order valence-corrected chi connectivity index (χ1v) is 12.4. The molecule has 1 aliphatic carbocycles. The van der Waals surface area contributed by atoms with Gasteiger partial charge in [-0.25, -0.2) is 4.98 Å². The standard InChI is InChI=1S/C22H23N5O3S2/c1-14-24-21(26-30-14)22(8-4-2-3-5-9-22)25-17(28)11-27-13-23-19-18(20(27)29)15(12-32-19)16-7-6-10-31-16/h6-7,10,12-13H,2-5,8-9,11H2,1H3,(H,25,28). The van der Waals surface area contributed by atoms with E-state index in [1.54, 1.807) is 18.3 Å². The van der Waals surface area contributed by atoms with Crippen LogP contribution < -0.4 is 10.9 Å². The molecule has 1 amide bonds. The van der Waals surface area contributed by atoms with Crippen molar-refractivity contribution in [2.75, 3.05) is 0 Å². The summed E-state index contributed by atoms with van der Waals surface area (Å²) in [5.74, 6) is 0.733. The molecule has 4 aromatic heterocycles. The lowest BCUT2D eigenvalue weighted by Gasteiger charge is -2.30. The van der Waals surface area contributed by atoms with Crippen molar-refractivity contribution >= 4 is 38.8 Å². The number of fused-ring (bicyclic) bond motifs is 1. The van der Waals surface area contributed by atoms with Crippen LogP contribution in [-0.2, 0) is 16.9 Å². The Morgan fingerprint density at radius 2 is 2.06 bits per heavy atom. The quantitative estimate of drug-likeness (QED) is 0.439. The number of nitrogens with zero attached hydrogens (tertiary/aromatic N) is 4. The molecule has 0 spiro atoms. The number of thiophene rings is 2. The Kier molecular flexibility index (Phi) is 5.64. The molecule has 166 valence electrons. The van der Waals surface area contributed by atoms with E-state index in [1.807, 2.05) is 22.9 Å². The van der Waals surface area contributed by atoms with Crippen LogP contribution in [0, 0.1) is 6.92 Å². The minimum Gasteiger partial charge on any atom is -0.342 e. The maximum atomic E-state index is 13.3. The maximum Gasteiger partial charge on any atom is 0.263 e. The Bertz CT molecular complexity index is 1300. The van der Waals surface area contributed by atoms with E-state index in [4.69, 9.17) is 4.52 Å². The fourth-order valence-corrected chi connectivity index (χ4v) is 6.11. The van der Waals surface area contributed by atoms with Gasteiger partial charge in [-0.1, -0.05) is 36.9 Å². The normalized spacial score (nSPS) is 16.2. The molecule has 0 aromatic carbocycles. The Labute approximate surface area is 192 Å². The minimum absolute atomic E-state index is 0.111. The molecule has 0 bridgehead atoms. The minimum atomic E-state index is -0.670. The van der Waals surface area contributed by atoms with Gasteiger partial charge >= 0.3 is 0 Å². The molecule has 32 heavy (non-hydrogen) atoms. The number of carbonyl (C=O) groups excluding carboxylic acids is 1. The third kappa shape index (κ3) is 3.88. The maximum absolute atomic E-state index is 13.3. The van der Waals surface area contributed by atoms with E-state index in [2.05, 4.69) is 20.4 Å². The van der Waals surface area contributed by atoms with E-state index in [0.29, 0.717) is 21.9 Å². The SMILES string of the molecule is Cc1nc(C2(NC(=O)Cn3cnc4scc(-c5cccs5)c4c3=O)CCCCCC2)no1. The van der Waals surface area contributed by atoms with Crippen LogP contribution in [0.3, 0.4) is 0 Å². The monoisotopic (exact) mass is 469 g/mol. The predicted octanol–water partition coefficient (Wildman–Crippen LogP) is 4.24. The number of carbonyl (C=O) groups is 1. The number of hydrogen-bond donors (Lipinski definition) is 1. The second-order valence-corrected chi connectivity index (χ2v) is 9.97. The van der Waals surface area contributed by atoms with Gasteiger partial charge in [-0.05, 0) is 24.3 Å². The van der Waals surface area contributed by atoms with Crippen molar-refractivity contribution in [3.63, 3.8) is 0 Å². The van der Waals surface area contributed by atoms with Crippen molar-refractivity contribution in [1.29, 1.82) is 0 Å². The number of amides is 1. The molecule has 8 nitrogen and oxygen atoms in total. The second-order valence-electron chi connectivity index (χ2n) is 8.17. The van der Waals surface area contributed by atoms with E-state index in [0.717, 1.165) is 49.0 Å². The molecule has 1 saturated carbocycles. The van der Waals surface area contributed by atoms with Crippen molar-refractivity contribution in [2.24, 2.45) is 0 Å².